The summed E-state index contributed by atoms with van der Waals surface area (Å²) in [6.07, 6.45) is 5.67. The molecule has 0 fully saturated rings. The highest BCUT2D eigenvalue weighted by molar-refractivity contribution is 8.00. The van der Waals surface area contributed by atoms with Gasteiger partial charge in [-0.1, -0.05) is 31.5 Å². The van der Waals surface area contributed by atoms with Gasteiger partial charge in [0, 0.05) is 42.6 Å². The molecule has 0 saturated carbocycles. The second-order valence-corrected chi connectivity index (χ2v) is 8.64. The normalized spacial score (nSPS) is 15.6. The van der Waals surface area contributed by atoms with Crippen LogP contribution < -0.4 is 10.6 Å². The molecule has 0 radical (unpaired) electrons. The topological polar surface area (TPSA) is 67.1 Å². The summed E-state index contributed by atoms with van der Waals surface area (Å²) in [5.41, 5.74) is 0. The van der Waals surface area contributed by atoms with Gasteiger partial charge in [0.1, 0.15) is 11.6 Å². The van der Waals surface area contributed by atoms with E-state index in [0.717, 1.165) is 56.6 Å². The van der Waals surface area contributed by atoms with E-state index >= 15 is 0 Å². The van der Waals surface area contributed by atoms with E-state index < -0.39 is 0 Å². The number of hydrogen-bond donors (Lipinski definition) is 2. The van der Waals surface area contributed by atoms with Crippen LogP contribution in [0.4, 0.5) is 0 Å². The number of fused-ring (bicyclic) bond motifs is 1. The molecule has 6 nitrogen and oxygen atoms in total. The first-order valence-electron chi connectivity index (χ1n) is 10.4. The molecule has 0 saturated heterocycles. The average Bonchev–Trinajstić information content (AvgIpc) is 2.93. The van der Waals surface area contributed by atoms with Crippen LogP contribution in [-0.2, 0) is 19.4 Å². The van der Waals surface area contributed by atoms with Gasteiger partial charge in [-0.15, -0.1) is 22.0 Å². The summed E-state index contributed by atoms with van der Waals surface area (Å²) in [6, 6.07) is 10.5. The smallest absolute Gasteiger partial charge is 0.191 e. The average molecular weight is 401 g/mol. The van der Waals surface area contributed by atoms with E-state index in [-0.39, 0.29) is 0 Å². The van der Waals surface area contributed by atoms with Crippen LogP contribution in [0.3, 0.4) is 0 Å². The fraction of sp³-hybridized carbons (Fsp3) is 0.571. The van der Waals surface area contributed by atoms with Crippen LogP contribution in [0, 0.1) is 0 Å². The van der Waals surface area contributed by atoms with Crippen molar-refractivity contribution in [3.63, 3.8) is 0 Å². The van der Waals surface area contributed by atoms with Crippen LogP contribution in [-0.4, -0.2) is 45.6 Å². The fourth-order valence-corrected chi connectivity index (χ4v) is 4.28. The summed E-state index contributed by atoms with van der Waals surface area (Å²) in [7, 11) is 0. The third-order valence-corrected chi connectivity index (χ3v) is 5.85. The number of hydrogen-bond acceptors (Lipinski definition) is 4. The third-order valence-electron chi connectivity index (χ3n) is 4.76. The second-order valence-electron chi connectivity index (χ2n) is 7.13. The van der Waals surface area contributed by atoms with E-state index in [1.807, 2.05) is 17.8 Å². The van der Waals surface area contributed by atoms with Gasteiger partial charge in [-0.2, -0.15) is 0 Å². The summed E-state index contributed by atoms with van der Waals surface area (Å²) >= 11 is 1.86. The molecular weight excluding hydrogens is 368 g/mol. The highest BCUT2D eigenvalue weighted by Crippen LogP contribution is 2.22. The summed E-state index contributed by atoms with van der Waals surface area (Å²) in [5, 5.41) is 16.0. The number of thioether (sulfide) groups is 1. The minimum absolute atomic E-state index is 0.421. The number of nitrogens with one attached hydrogen (secondary N) is 2. The van der Waals surface area contributed by atoms with Gasteiger partial charge in [0.2, 0.25) is 0 Å². The van der Waals surface area contributed by atoms with E-state index in [1.165, 1.54) is 24.2 Å². The standard InChI is InChI=1S/C21H32N6S/c1-3-22-21(24-16-17(2)28-18-10-6-4-7-11-18)23-14-13-20-26-25-19-12-8-5-9-15-27(19)20/h4,6-7,10-11,17H,3,5,8-9,12-16H2,1-2H3,(H2,22,23,24). The monoisotopic (exact) mass is 400 g/mol. The lowest BCUT2D eigenvalue weighted by Gasteiger charge is -2.14. The minimum atomic E-state index is 0.421. The maximum Gasteiger partial charge on any atom is 0.191 e. The number of rotatable bonds is 8. The molecular formula is C21H32N6S. The molecule has 28 heavy (non-hydrogen) atoms. The molecule has 1 atom stereocenters. The number of aryl methyl sites for hydroxylation is 1. The van der Waals surface area contributed by atoms with Crippen molar-refractivity contribution in [2.45, 2.75) is 62.6 Å². The zero-order valence-corrected chi connectivity index (χ0v) is 17.8. The molecule has 1 aromatic carbocycles. The summed E-state index contributed by atoms with van der Waals surface area (Å²) in [4.78, 5) is 6.05. The second kappa shape index (κ2) is 11.1. The predicted octanol–water partition coefficient (Wildman–Crippen LogP) is 3.28. The summed E-state index contributed by atoms with van der Waals surface area (Å²) in [6.45, 7) is 7.81. The lowest BCUT2D eigenvalue weighted by Crippen LogP contribution is -2.39. The van der Waals surface area contributed by atoms with Crippen LogP contribution in [0.25, 0.3) is 0 Å². The van der Waals surface area contributed by atoms with Crippen LogP contribution in [0.1, 0.15) is 44.8 Å². The number of aliphatic imine (C=N–C) groups is 1. The van der Waals surface area contributed by atoms with Gasteiger partial charge in [-0.3, -0.25) is 4.99 Å². The van der Waals surface area contributed by atoms with Crippen molar-refractivity contribution in [3.05, 3.63) is 42.0 Å². The Bertz CT molecular complexity index is 743. The van der Waals surface area contributed by atoms with Crippen molar-refractivity contribution in [3.8, 4) is 0 Å². The van der Waals surface area contributed by atoms with Crippen molar-refractivity contribution in [2.75, 3.05) is 19.6 Å². The van der Waals surface area contributed by atoms with E-state index in [1.54, 1.807) is 0 Å². The number of benzene rings is 1. The maximum absolute atomic E-state index is 4.76. The highest BCUT2D eigenvalue weighted by atomic mass is 32.2. The Morgan fingerprint density at radius 1 is 1.18 bits per heavy atom. The molecule has 1 unspecified atom stereocenters. The Kier molecular flexibility index (Phi) is 8.21. The highest BCUT2D eigenvalue weighted by Gasteiger charge is 2.14. The Balaban J connectivity index is 1.49. The molecule has 1 aliphatic rings. The molecule has 2 aromatic rings. The van der Waals surface area contributed by atoms with Crippen molar-refractivity contribution in [1.82, 2.24) is 25.4 Å². The van der Waals surface area contributed by atoms with E-state index in [2.05, 4.69) is 63.5 Å². The molecule has 7 heteroatoms. The molecule has 152 valence electrons. The Morgan fingerprint density at radius 3 is 2.86 bits per heavy atom. The van der Waals surface area contributed by atoms with Gasteiger partial charge in [-0.05, 0) is 31.9 Å². The fourth-order valence-electron chi connectivity index (χ4n) is 3.35. The van der Waals surface area contributed by atoms with E-state index in [9.17, 15) is 0 Å². The van der Waals surface area contributed by atoms with Crippen molar-refractivity contribution < 1.29 is 0 Å². The lowest BCUT2D eigenvalue weighted by atomic mass is 10.2. The largest absolute Gasteiger partial charge is 0.357 e. The zero-order chi connectivity index (χ0) is 19.6. The Morgan fingerprint density at radius 2 is 2.04 bits per heavy atom. The van der Waals surface area contributed by atoms with Crippen molar-refractivity contribution in [1.29, 1.82) is 0 Å². The molecule has 0 bridgehead atoms. The first kappa shape index (κ1) is 20.7. The molecule has 1 aliphatic heterocycles. The number of guanidine groups is 1. The lowest BCUT2D eigenvalue weighted by molar-refractivity contribution is 0.600. The molecule has 3 rings (SSSR count). The molecule has 0 amide bonds. The van der Waals surface area contributed by atoms with Crippen LogP contribution in [0.15, 0.2) is 40.2 Å². The summed E-state index contributed by atoms with van der Waals surface area (Å²) in [5.74, 6) is 3.12. The first-order chi connectivity index (χ1) is 13.8. The van der Waals surface area contributed by atoms with Crippen molar-refractivity contribution >= 4 is 17.7 Å². The van der Waals surface area contributed by atoms with Gasteiger partial charge in [-0.25, -0.2) is 0 Å². The van der Waals surface area contributed by atoms with Gasteiger partial charge in [0.15, 0.2) is 5.96 Å². The summed E-state index contributed by atoms with van der Waals surface area (Å²) < 4.78 is 2.32. The quantitative estimate of drug-likeness (QED) is 0.404. The first-order valence-corrected chi connectivity index (χ1v) is 11.3. The van der Waals surface area contributed by atoms with E-state index in [0.29, 0.717) is 5.25 Å². The van der Waals surface area contributed by atoms with Gasteiger partial charge in [0.25, 0.3) is 0 Å². The molecule has 0 spiro atoms. The van der Waals surface area contributed by atoms with Crippen LogP contribution >= 0.6 is 11.8 Å². The van der Waals surface area contributed by atoms with Gasteiger partial charge >= 0.3 is 0 Å². The maximum atomic E-state index is 4.76. The zero-order valence-electron chi connectivity index (χ0n) is 17.0. The third kappa shape index (κ3) is 6.26. The van der Waals surface area contributed by atoms with E-state index in [4.69, 9.17) is 4.99 Å². The Labute approximate surface area is 172 Å². The van der Waals surface area contributed by atoms with Gasteiger partial charge < -0.3 is 15.2 Å². The number of nitrogens with zero attached hydrogens (tertiary/aromatic N) is 4. The predicted molar refractivity (Wildman–Crippen MR) is 117 cm³/mol. The number of aromatic nitrogens is 3. The molecule has 2 N–H and O–H groups in total. The molecule has 2 heterocycles. The van der Waals surface area contributed by atoms with Crippen molar-refractivity contribution in [2.24, 2.45) is 4.99 Å². The van der Waals surface area contributed by atoms with Gasteiger partial charge in [0.05, 0.1) is 6.54 Å². The van der Waals surface area contributed by atoms with Crippen LogP contribution in [0.2, 0.25) is 0 Å². The molecule has 1 aromatic heterocycles. The van der Waals surface area contributed by atoms with Crippen LogP contribution in [0.5, 0.6) is 0 Å². The Hall–Kier alpha value is -2.02. The SMILES string of the molecule is CCNC(=NCC(C)Sc1ccccc1)NCCc1nnc2n1CCCCC2. The molecule has 0 aliphatic carbocycles. The minimum Gasteiger partial charge on any atom is -0.357 e.